The zero-order valence-electron chi connectivity index (χ0n) is 30.6. The molecule has 1 aliphatic carbocycles. The van der Waals surface area contributed by atoms with Crippen molar-refractivity contribution < 1.29 is 18.0 Å². The summed E-state index contributed by atoms with van der Waals surface area (Å²) in [7, 11) is -1.47. The fraction of sp³-hybridized carbons (Fsp3) is 0.476. The van der Waals surface area contributed by atoms with E-state index in [2.05, 4.69) is 63.2 Å². The number of hydrogen-bond donors (Lipinski definition) is 2. The summed E-state index contributed by atoms with van der Waals surface area (Å²) in [6, 6.07) is 22.8. The Morgan fingerprint density at radius 1 is 0.942 bits per heavy atom. The molecule has 0 unspecified atom stereocenters. The van der Waals surface area contributed by atoms with Crippen LogP contribution in [0.3, 0.4) is 0 Å². The molecule has 4 aliphatic rings. The van der Waals surface area contributed by atoms with Crippen molar-refractivity contribution in [3.63, 3.8) is 0 Å². The van der Waals surface area contributed by atoms with Crippen molar-refractivity contribution in [1.29, 1.82) is 0 Å². The molecule has 3 aromatic rings. The largest absolute Gasteiger partial charge is 0.371 e. The summed E-state index contributed by atoms with van der Waals surface area (Å²) < 4.78 is 26.7. The molecular weight excluding hydrogens is 671 g/mol. The first kappa shape index (κ1) is 36.4. The smallest absolute Gasteiger partial charge is 0.247 e. The van der Waals surface area contributed by atoms with Gasteiger partial charge < -0.3 is 25.3 Å². The van der Waals surface area contributed by atoms with Gasteiger partial charge in [0.25, 0.3) is 0 Å². The zero-order valence-corrected chi connectivity index (χ0v) is 31.4. The summed E-state index contributed by atoms with van der Waals surface area (Å²) in [6.07, 6.45) is 7.44. The lowest BCUT2D eigenvalue weighted by Crippen LogP contribution is -2.59. The number of carbonyl (C=O) groups is 2. The van der Waals surface area contributed by atoms with Crippen LogP contribution in [0.2, 0.25) is 0 Å². The van der Waals surface area contributed by atoms with Gasteiger partial charge in [0, 0.05) is 67.9 Å². The van der Waals surface area contributed by atoms with Gasteiger partial charge >= 0.3 is 0 Å². The van der Waals surface area contributed by atoms with Crippen molar-refractivity contribution in [1.82, 2.24) is 15.1 Å². The second kappa shape index (κ2) is 15.2. The number of nitrogens with one attached hydrogen (secondary N) is 2. The van der Waals surface area contributed by atoms with Crippen molar-refractivity contribution in [2.24, 2.45) is 17.8 Å². The molecule has 0 bridgehead atoms. The highest BCUT2D eigenvalue weighted by molar-refractivity contribution is 7.91. The molecular formula is C42H53N5O4S. The summed E-state index contributed by atoms with van der Waals surface area (Å²) in [6.45, 7) is 12.6. The fourth-order valence-corrected chi connectivity index (χ4v) is 11.1. The van der Waals surface area contributed by atoms with Crippen LogP contribution in [0.25, 0.3) is 0 Å². The van der Waals surface area contributed by atoms with Gasteiger partial charge in [-0.3, -0.25) is 9.59 Å². The third-order valence-electron chi connectivity index (χ3n) is 12.2. The van der Waals surface area contributed by atoms with Gasteiger partial charge in [0.05, 0.1) is 9.79 Å². The molecule has 3 fully saturated rings. The van der Waals surface area contributed by atoms with Gasteiger partial charge in [0.15, 0.2) is 0 Å². The van der Waals surface area contributed by atoms with Crippen molar-refractivity contribution in [3.8, 4) is 0 Å². The van der Waals surface area contributed by atoms with Crippen molar-refractivity contribution in [3.05, 3.63) is 96.6 Å². The van der Waals surface area contributed by atoms with Crippen LogP contribution >= 0.6 is 0 Å². The maximum absolute atomic E-state index is 13.4. The van der Waals surface area contributed by atoms with Crippen LogP contribution in [0, 0.1) is 17.8 Å². The number of anilines is 2. The number of sulfone groups is 1. The molecule has 7 rings (SSSR count). The van der Waals surface area contributed by atoms with Crippen LogP contribution < -0.4 is 15.5 Å². The number of piperidine rings is 1. The highest BCUT2D eigenvalue weighted by atomic mass is 32.2. The Bertz CT molecular complexity index is 1880. The standard InChI is InChI=1S/C42H53N5O4S/c1-4-40(48)43-33-11-8-12-36(24-33)52(50,51)35-18-16-34(17-19-35)47-26-30(27-47)25-46-22-20-32(21-23-46)42(38-14-9-15-39(38)44-41(49)5-2)29-45(3)28-31-10-6-7-13-37(31)42/h4,6-8,10-13,16-19,24,30,32,38-39H,1,5,9,14-15,20-23,25-29H2,2-3H3,(H,43,48)(H,44,49)/t38-,39-,42-/m0/s1. The second-order valence-corrected chi connectivity index (χ2v) is 17.4. The lowest BCUT2D eigenvalue weighted by atomic mass is 9.56. The minimum atomic E-state index is -3.74. The lowest BCUT2D eigenvalue weighted by molar-refractivity contribution is -0.122. The first-order chi connectivity index (χ1) is 25.1. The van der Waals surface area contributed by atoms with Crippen molar-refractivity contribution in [2.45, 2.75) is 73.2 Å². The zero-order chi connectivity index (χ0) is 36.5. The number of likely N-dealkylation sites (N-methyl/N-ethyl adjacent to an activating group) is 1. The van der Waals surface area contributed by atoms with Crippen LogP contribution in [0.5, 0.6) is 0 Å². The Morgan fingerprint density at radius 3 is 2.42 bits per heavy atom. The summed E-state index contributed by atoms with van der Waals surface area (Å²) in [5.41, 5.74) is 4.46. The van der Waals surface area contributed by atoms with E-state index in [0.29, 0.717) is 29.9 Å². The molecule has 0 aromatic heterocycles. The van der Waals surface area contributed by atoms with E-state index in [4.69, 9.17) is 0 Å². The van der Waals surface area contributed by atoms with E-state index in [0.717, 1.165) is 64.0 Å². The number of amides is 2. The average Bonchev–Trinajstić information content (AvgIpc) is 3.61. The Hall–Kier alpha value is -3.99. The molecule has 3 aromatic carbocycles. The predicted molar refractivity (Wildman–Crippen MR) is 206 cm³/mol. The average molecular weight is 724 g/mol. The first-order valence-electron chi connectivity index (χ1n) is 19.0. The summed E-state index contributed by atoms with van der Waals surface area (Å²) in [4.78, 5) is 32.2. The number of benzene rings is 3. The molecule has 276 valence electrons. The molecule has 3 heterocycles. The Kier molecular flexibility index (Phi) is 10.6. The predicted octanol–water partition coefficient (Wildman–Crippen LogP) is 5.87. The number of nitrogens with zero attached hydrogens (tertiary/aromatic N) is 3. The van der Waals surface area contributed by atoms with Crippen LogP contribution in [0.4, 0.5) is 11.4 Å². The van der Waals surface area contributed by atoms with E-state index in [9.17, 15) is 18.0 Å². The third-order valence-corrected chi connectivity index (χ3v) is 14.0. The topological polar surface area (TPSA) is 102 Å². The summed E-state index contributed by atoms with van der Waals surface area (Å²) in [5.74, 6) is 1.37. The van der Waals surface area contributed by atoms with Crippen LogP contribution in [-0.2, 0) is 31.4 Å². The Labute approximate surface area is 309 Å². The van der Waals surface area contributed by atoms with Gasteiger partial charge in [0.1, 0.15) is 0 Å². The minimum Gasteiger partial charge on any atom is -0.371 e. The van der Waals surface area contributed by atoms with Gasteiger partial charge in [-0.05, 0) is 117 Å². The molecule has 2 N–H and O–H groups in total. The third kappa shape index (κ3) is 7.17. The van der Waals surface area contributed by atoms with Gasteiger partial charge in [-0.2, -0.15) is 0 Å². The van der Waals surface area contributed by atoms with E-state index in [1.165, 1.54) is 42.9 Å². The van der Waals surface area contributed by atoms with Crippen LogP contribution in [-0.4, -0.2) is 82.4 Å². The minimum absolute atomic E-state index is 0.0367. The SMILES string of the molecule is C=CC(=O)Nc1cccc(S(=O)(=O)c2ccc(N3CC(CN4CCC([C@@]5([C@H]6CCC[C@@H]6NC(=O)CC)CN(C)Cc6ccccc65)CC4)C3)cc2)c1. The maximum atomic E-state index is 13.4. The molecule has 52 heavy (non-hydrogen) atoms. The normalized spacial score (nSPS) is 24.5. The molecule has 0 radical (unpaired) electrons. The quantitative estimate of drug-likeness (QED) is 0.239. The highest BCUT2D eigenvalue weighted by Crippen LogP contribution is 2.53. The molecule has 2 saturated heterocycles. The highest BCUT2D eigenvalue weighted by Gasteiger charge is 2.54. The van der Waals surface area contributed by atoms with E-state index >= 15 is 0 Å². The Morgan fingerprint density at radius 2 is 1.69 bits per heavy atom. The molecule has 9 nitrogen and oxygen atoms in total. The van der Waals surface area contributed by atoms with E-state index in [1.54, 1.807) is 30.3 Å². The van der Waals surface area contributed by atoms with Gasteiger partial charge in [-0.25, -0.2) is 8.42 Å². The van der Waals surface area contributed by atoms with Crippen molar-refractivity contribution in [2.75, 3.05) is 56.5 Å². The molecule has 3 atom stereocenters. The Balaban J connectivity index is 0.975. The molecule has 0 spiro atoms. The monoisotopic (exact) mass is 723 g/mol. The van der Waals surface area contributed by atoms with E-state index < -0.39 is 15.7 Å². The molecule has 3 aliphatic heterocycles. The molecule has 10 heteroatoms. The first-order valence-corrected chi connectivity index (χ1v) is 20.5. The number of likely N-dealkylation sites (tertiary alicyclic amines) is 1. The van der Waals surface area contributed by atoms with Crippen LogP contribution in [0.15, 0.2) is 95.2 Å². The maximum Gasteiger partial charge on any atom is 0.247 e. The van der Waals surface area contributed by atoms with Gasteiger partial charge in [-0.15, -0.1) is 0 Å². The second-order valence-electron chi connectivity index (χ2n) is 15.5. The number of carbonyl (C=O) groups excluding carboxylic acids is 2. The fourth-order valence-electron chi connectivity index (χ4n) is 9.82. The van der Waals surface area contributed by atoms with Crippen molar-refractivity contribution >= 4 is 33.0 Å². The summed E-state index contributed by atoms with van der Waals surface area (Å²) in [5, 5.41) is 6.09. The van der Waals surface area contributed by atoms with E-state index in [-0.39, 0.29) is 27.2 Å². The van der Waals surface area contributed by atoms with Crippen LogP contribution in [0.1, 0.15) is 56.6 Å². The number of rotatable bonds is 11. The number of fused-ring (bicyclic) bond motifs is 1. The van der Waals surface area contributed by atoms with E-state index in [1.807, 2.05) is 19.1 Å². The van der Waals surface area contributed by atoms with Gasteiger partial charge in [0.2, 0.25) is 21.7 Å². The lowest BCUT2D eigenvalue weighted by Gasteiger charge is -2.55. The summed E-state index contributed by atoms with van der Waals surface area (Å²) >= 11 is 0. The number of hydrogen-bond acceptors (Lipinski definition) is 7. The van der Waals surface area contributed by atoms with Gasteiger partial charge in [-0.1, -0.05) is 50.3 Å². The molecule has 2 amide bonds. The molecule has 1 saturated carbocycles.